The SMILES string of the molecule is NC(=O)c1ccc(C(F)(F)F)n(CC(=O)C23CC4CC(CC(C4)C2)C3)c1=O. The van der Waals surface area contributed by atoms with Gasteiger partial charge in [-0.3, -0.25) is 19.0 Å². The number of alkyl halides is 3. The van der Waals surface area contributed by atoms with Crippen LogP contribution in [0.15, 0.2) is 16.9 Å². The van der Waals surface area contributed by atoms with Gasteiger partial charge in [-0.1, -0.05) is 0 Å². The maximum atomic E-state index is 13.4. The lowest BCUT2D eigenvalue weighted by molar-refractivity contribution is -0.149. The van der Waals surface area contributed by atoms with Gasteiger partial charge in [0.05, 0.1) is 6.54 Å². The summed E-state index contributed by atoms with van der Waals surface area (Å²) in [5, 5.41) is 0. The van der Waals surface area contributed by atoms with Crippen molar-refractivity contribution >= 4 is 11.7 Å². The number of nitrogens with zero attached hydrogens (tertiary/aromatic N) is 1. The highest BCUT2D eigenvalue weighted by atomic mass is 19.4. The number of halogens is 3. The van der Waals surface area contributed by atoms with Gasteiger partial charge in [0.25, 0.3) is 11.5 Å². The van der Waals surface area contributed by atoms with Crippen molar-refractivity contribution in [1.29, 1.82) is 0 Å². The Labute approximate surface area is 153 Å². The fourth-order valence-corrected chi connectivity index (χ4v) is 5.93. The van der Waals surface area contributed by atoms with Crippen molar-refractivity contribution in [2.24, 2.45) is 28.9 Å². The molecule has 0 saturated heterocycles. The molecular formula is C19H21F3N2O3. The minimum Gasteiger partial charge on any atom is -0.365 e. The molecule has 1 heterocycles. The third-order valence-corrected chi connectivity index (χ3v) is 6.66. The third-order valence-electron chi connectivity index (χ3n) is 6.66. The highest BCUT2D eigenvalue weighted by Crippen LogP contribution is 2.60. The number of aromatic nitrogens is 1. The average Bonchev–Trinajstić information content (AvgIpc) is 2.53. The second-order valence-electron chi connectivity index (χ2n) is 8.51. The number of rotatable bonds is 4. The molecule has 4 aliphatic carbocycles. The molecule has 1 aromatic rings. The highest BCUT2D eigenvalue weighted by Gasteiger charge is 2.54. The quantitative estimate of drug-likeness (QED) is 0.869. The molecule has 0 aliphatic heterocycles. The monoisotopic (exact) mass is 382 g/mol. The maximum absolute atomic E-state index is 13.4. The number of amides is 1. The number of pyridine rings is 1. The predicted octanol–water partition coefficient (Wildman–Crippen LogP) is 2.75. The molecule has 5 rings (SSSR count). The summed E-state index contributed by atoms with van der Waals surface area (Å²) in [5.74, 6) is -0.0663. The molecule has 0 radical (unpaired) electrons. The van der Waals surface area contributed by atoms with Crippen molar-refractivity contribution in [2.75, 3.05) is 0 Å². The number of Topliss-reactive ketones (excluding diaryl/α,β-unsaturated/α-hetero) is 1. The lowest BCUT2D eigenvalue weighted by Gasteiger charge is -2.56. The standard InChI is InChI=1S/C19H21F3N2O3/c20-19(21,22)14-2-1-13(16(23)26)17(27)24(14)9-15(25)18-6-10-3-11(7-18)5-12(4-10)8-18/h1-2,10-12H,3-9H2,(H2,23,26). The van der Waals surface area contributed by atoms with Gasteiger partial charge < -0.3 is 5.73 Å². The Balaban J connectivity index is 1.72. The van der Waals surface area contributed by atoms with E-state index < -0.39 is 40.9 Å². The van der Waals surface area contributed by atoms with Crippen molar-refractivity contribution in [1.82, 2.24) is 4.57 Å². The maximum Gasteiger partial charge on any atom is 0.431 e. The van der Waals surface area contributed by atoms with Crippen LogP contribution >= 0.6 is 0 Å². The van der Waals surface area contributed by atoms with Gasteiger partial charge in [0.15, 0.2) is 5.78 Å². The first-order valence-corrected chi connectivity index (χ1v) is 9.23. The van der Waals surface area contributed by atoms with Gasteiger partial charge in [-0.15, -0.1) is 0 Å². The van der Waals surface area contributed by atoms with Crippen molar-refractivity contribution in [3.8, 4) is 0 Å². The van der Waals surface area contributed by atoms with E-state index in [2.05, 4.69) is 0 Å². The molecule has 146 valence electrons. The van der Waals surface area contributed by atoms with Crippen LogP contribution in [0.4, 0.5) is 13.2 Å². The summed E-state index contributed by atoms with van der Waals surface area (Å²) in [7, 11) is 0. The number of carbonyl (C=O) groups is 2. The van der Waals surface area contributed by atoms with Crippen LogP contribution in [0.2, 0.25) is 0 Å². The molecule has 2 N–H and O–H groups in total. The summed E-state index contributed by atoms with van der Waals surface area (Å²) in [5.41, 5.74) is 1.55. The molecule has 27 heavy (non-hydrogen) atoms. The highest BCUT2D eigenvalue weighted by molar-refractivity contribution is 5.92. The largest absolute Gasteiger partial charge is 0.431 e. The van der Waals surface area contributed by atoms with E-state index in [0.29, 0.717) is 47.6 Å². The Morgan fingerprint density at radius 1 is 1.07 bits per heavy atom. The summed E-state index contributed by atoms with van der Waals surface area (Å²) in [6.07, 6.45) is 0.569. The van der Waals surface area contributed by atoms with Crippen LogP contribution in [0.3, 0.4) is 0 Å². The molecule has 1 aromatic heterocycles. The molecule has 0 aromatic carbocycles. The van der Waals surface area contributed by atoms with Crippen molar-refractivity contribution < 1.29 is 22.8 Å². The van der Waals surface area contributed by atoms with Crippen molar-refractivity contribution in [2.45, 2.75) is 51.2 Å². The van der Waals surface area contributed by atoms with Crippen LogP contribution in [0.5, 0.6) is 0 Å². The van der Waals surface area contributed by atoms with E-state index in [1.807, 2.05) is 0 Å². The first-order chi connectivity index (χ1) is 12.6. The van der Waals surface area contributed by atoms with Gasteiger partial charge in [0, 0.05) is 5.41 Å². The van der Waals surface area contributed by atoms with Crippen LogP contribution in [-0.4, -0.2) is 16.3 Å². The van der Waals surface area contributed by atoms with Gasteiger partial charge in [-0.2, -0.15) is 13.2 Å². The van der Waals surface area contributed by atoms with Crippen LogP contribution in [-0.2, 0) is 17.5 Å². The number of ketones is 1. The van der Waals surface area contributed by atoms with E-state index in [9.17, 15) is 27.6 Å². The molecule has 0 unspecified atom stereocenters. The van der Waals surface area contributed by atoms with Gasteiger partial charge >= 0.3 is 6.18 Å². The molecule has 8 heteroatoms. The summed E-state index contributed by atoms with van der Waals surface area (Å²) in [6, 6.07) is 1.42. The molecule has 5 nitrogen and oxygen atoms in total. The second kappa shape index (κ2) is 5.94. The first kappa shape index (κ1) is 18.3. The molecular weight excluding hydrogens is 361 g/mol. The molecule has 0 atom stereocenters. The molecule has 1 amide bonds. The normalized spacial score (nSPS) is 31.9. The van der Waals surface area contributed by atoms with Crippen LogP contribution in [0.1, 0.15) is 54.6 Å². The molecule has 4 saturated carbocycles. The zero-order valence-electron chi connectivity index (χ0n) is 14.7. The Bertz CT molecular complexity index is 837. The van der Waals surface area contributed by atoms with E-state index in [1.54, 1.807) is 0 Å². The number of hydrogen-bond acceptors (Lipinski definition) is 3. The van der Waals surface area contributed by atoms with E-state index in [1.165, 1.54) is 0 Å². The van der Waals surface area contributed by atoms with E-state index in [-0.39, 0.29) is 5.78 Å². The molecule has 4 fully saturated rings. The topological polar surface area (TPSA) is 82.2 Å². The predicted molar refractivity (Wildman–Crippen MR) is 89.8 cm³/mol. The van der Waals surface area contributed by atoms with Crippen molar-refractivity contribution in [3.63, 3.8) is 0 Å². The lowest BCUT2D eigenvalue weighted by atomic mass is 9.48. The zero-order valence-corrected chi connectivity index (χ0v) is 14.7. The van der Waals surface area contributed by atoms with Crippen LogP contribution < -0.4 is 11.3 Å². The average molecular weight is 382 g/mol. The summed E-state index contributed by atoms with van der Waals surface area (Å²) in [6.45, 7) is -0.666. The lowest BCUT2D eigenvalue weighted by Crippen LogP contribution is -2.51. The van der Waals surface area contributed by atoms with Crippen LogP contribution in [0.25, 0.3) is 0 Å². The third kappa shape index (κ3) is 2.99. The minimum atomic E-state index is -4.81. The number of carbonyl (C=O) groups excluding carboxylic acids is 2. The molecule has 4 bridgehead atoms. The molecule has 0 spiro atoms. The second-order valence-corrected chi connectivity index (χ2v) is 8.51. The smallest absolute Gasteiger partial charge is 0.365 e. The van der Waals surface area contributed by atoms with E-state index >= 15 is 0 Å². The molecule has 4 aliphatic rings. The first-order valence-electron chi connectivity index (χ1n) is 9.23. The minimum absolute atomic E-state index is 0.323. The fraction of sp³-hybridized carbons (Fsp3) is 0.632. The summed E-state index contributed by atoms with van der Waals surface area (Å²) < 4.78 is 40.5. The summed E-state index contributed by atoms with van der Waals surface area (Å²) in [4.78, 5) is 37.0. The van der Waals surface area contributed by atoms with Gasteiger partial charge in [-0.25, -0.2) is 0 Å². The van der Waals surface area contributed by atoms with Gasteiger partial charge in [0.2, 0.25) is 0 Å². The Kier molecular flexibility index (Phi) is 4.01. The van der Waals surface area contributed by atoms with Crippen molar-refractivity contribution in [3.05, 3.63) is 33.7 Å². The zero-order chi connectivity index (χ0) is 19.6. The number of hydrogen-bond donors (Lipinski definition) is 1. The Hall–Kier alpha value is -2.12. The van der Waals surface area contributed by atoms with Crippen LogP contribution in [0, 0.1) is 23.2 Å². The number of nitrogens with two attached hydrogens (primary N) is 1. The number of primary amides is 1. The van der Waals surface area contributed by atoms with E-state index in [0.717, 1.165) is 25.3 Å². The van der Waals surface area contributed by atoms with Gasteiger partial charge in [-0.05, 0) is 68.4 Å². The Morgan fingerprint density at radius 3 is 2.04 bits per heavy atom. The Morgan fingerprint density at radius 2 is 1.59 bits per heavy atom. The fourth-order valence-electron chi connectivity index (χ4n) is 5.93. The van der Waals surface area contributed by atoms with E-state index in [4.69, 9.17) is 5.73 Å². The van der Waals surface area contributed by atoms with Gasteiger partial charge in [0.1, 0.15) is 11.3 Å². The summed E-state index contributed by atoms with van der Waals surface area (Å²) >= 11 is 0.